The number of alkyl halides is 1. The van der Waals surface area contributed by atoms with Gasteiger partial charge in [-0.15, -0.1) is 0 Å². The number of rotatable bonds is 8. The summed E-state index contributed by atoms with van der Waals surface area (Å²) in [4.78, 5) is 10.6. The van der Waals surface area contributed by atoms with E-state index in [0.29, 0.717) is 26.2 Å². The highest BCUT2D eigenvalue weighted by atomic mass is 127. The summed E-state index contributed by atoms with van der Waals surface area (Å²) in [5.41, 5.74) is 0. The lowest BCUT2D eigenvalue weighted by Gasteiger charge is -2.03. The van der Waals surface area contributed by atoms with Crippen molar-refractivity contribution in [1.82, 2.24) is 0 Å². The van der Waals surface area contributed by atoms with Gasteiger partial charge in [-0.2, -0.15) is 0 Å². The molecule has 0 saturated heterocycles. The van der Waals surface area contributed by atoms with Crippen molar-refractivity contribution in [3.8, 4) is 0 Å². The molecule has 0 unspecified atom stereocenters. The molecule has 0 aromatic rings. The van der Waals surface area contributed by atoms with E-state index in [1.54, 1.807) is 0 Å². The number of halogens is 1. The third kappa shape index (κ3) is 10.0. The van der Waals surface area contributed by atoms with Crippen LogP contribution < -0.4 is 0 Å². The average Bonchev–Trinajstić information content (AvgIpc) is 2.16. The molecule has 0 amide bonds. The summed E-state index contributed by atoms with van der Waals surface area (Å²) < 4.78 is 15.7. The molecule has 0 aromatic heterocycles. The van der Waals surface area contributed by atoms with E-state index in [9.17, 15) is 4.79 Å². The minimum absolute atomic E-state index is 0.242. The number of esters is 1. The van der Waals surface area contributed by atoms with Crippen molar-refractivity contribution >= 4 is 28.6 Å². The number of ether oxygens (including phenoxy) is 3. The Morgan fingerprint density at radius 1 is 1.15 bits per heavy atom. The summed E-state index contributed by atoms with van der Waals surface area (Å²) in [7, 11) is 1.37. The second kappa shape index (κ2) is 10.2. The van der Waals surface area contributed by atoms with Gasteiger partial charge in [-0.25, -0.2) is 0 Å². The first-order chi connectivity index (χ1) is 6.31. The molecule has 0 spiro atoms. The molecule has 0 heterocycles. The Kier molecular flexibility index (Phi) is 10.3. The summed E-state index contributed by atoms with van der Waals surface area (Å²) in [6.45, 7) is 2.28. The van der Waals surface area contributed by atoms with Gasteiger partial charge in [-0.1, -0.05) is 22.6 Å². The predicted molar refractivity (Wildman–Crippen MR) is 57.2 cm³/mol. The SMILES string of the molecule is COC(=O)CCOCCOCCI. The van der Waals surface area contributed by atoms with Crippen LogP contribution in [0.4, 0.5) is 0 Å². The molecule has 0 radical (unpaired) electrons. The quantitative estimate of drug-likeness (QED) is 0.291. The molecule has 0 fully saturated rings. The van der Waals surface area contributed by atoms with Crippen molar-refractivity contribution in [1.29, 1.82) is 0 Å². The van der Waals surface area contributed by atoms with E-state index in [1.165, 1.54) is 7.11 Å². The first kappa shape index (κ1) is 13.1. The maximum absolute atomic E-state index is 10.6. The third-order valence-electron chi connectivity index (χ3n) is 1.27. The molecular weight excluding hydrogens is 287 g/mol. The van der Waals surface area contributed by atoms with Crippen LogP contribution in [0.1, 0.15) is 6.42 Å². The zero-order valence-corrected chi connectivity index (χ0v) is 9.91. The lowest BCUT2D eigenvalue weighted by atomic mass is 10.5. The van der Waals surface area contributed by atoms with Crippen molar-refractivity contribution in [3.63, 3.8) is 0 Å². The fourth-order valence-corrected chi connectivity index (χ4v) is 0.946. The standard InChI is InChI=1S/C8H15IO4/c1-11-8(10)2-4-12-6-7-13-5-3-9/h2-7H2,1H3. The van der Waals surface area contributed by atoms with Crippen LogP contribution >= 0.6 is 22.6 Å². The van der Waals surface area contributed by atoms with Crippen molar-refractivity contribution in [2.75, 3.05) is 38.0 Å². The fraction of sp³-hybridized carbons (Fsp3) is 0.875. The molecule has 4 nitrogen and oxygen atoms in total. The Bertz CT molecular complexity index is 129. The Hall–Kier alpha value is 0.120. The number of carbonyl (C=O) groups is 1. The maximum atomic E-state index is 10.6. The molecule has 0 aliphatic carbocycles. The van der Waals surface area contributed by atoms with Gasteiger partial charge >= 0.3 is 5.97 Å². The fourth-order valence-electron chi connectivity index (χ4n) is 0.634. The Morgan fingerprint density at radius 3 is 2.31 bits per heavy atom. The smallest absolute Gasteiger partial charge is 0.307 e. The minimum Gasteiger partial charge on any atom is -0.469 e. The Labute approximate surface area is 92.1 Å². The highest BCUT2D eigenvalue weighted by Gasteiger charge is 1.98. The summed E-state index contributed by atoms with van der Waals surface area (Å²) in [5.74, 6) is -0.242. The minimum atomic E-state index is -0.242. The molecule has 78 valence electrons. The van der Waals surface area contributed by atoms with Gasteiger partial charge in [0.25, 0.3) is 0 Å². The van der Waals surface area contributed by atoms with Gasteiger partial charge in [0.2, 0.25) is 0 Å². The zero-order valence-electron chi connectivity index (χ0n) is 7.75. The summed E-state index contributed by atoms with van der Waals surface area (Å²) in [6, 6.07) is 0. The molecule has 0 atom stereocenters. The highest BCUT2D eigenvalue weighted by molar-refractivity contribution is 14.1. The lowest BCUT2D eigenvalue weighted by Crippen LogP contribution is -2.10. The largest absolute Gasteiger partial charge is 0.469 e. The highest BCUT2D eigenvalue weighted by Crippen LogP contribution is 1.87. The topological polar surface area (TPSA) is 44.8 Å². The van der Waals surface area contributed by atoms with Gasteiger partial charge in [0.15, 0.2) is 0 Å². The molecule has 0 N–H and O–H groups in total. The average molecular weight is 302 g/mol. The van der Waals surface area contributed by atoms with E-state index in [-0.39, 0.29) is 5.97 Å². The van der Waals surface area contributed by atoms with E-state index in [0.717, 1.165) is 11.0 Å². The van der Waals surface area contributed by atoms with Crippen LogP contribution in [0.2, 0.25) is 0 Å². The van der Waals surface area contributed by atoms with Crippen molar-refractivity contribution in [2.24, 2.45) is 0 Å². The number of carbonyl (C=O) groups excluding carboxylic acids is 1. The molecule has 5 heteroatoms. The zero-order chi connectivity index (χ0) is 9.94. The molecule has 0 bridgehead atoms. The first-order valence-electron chi connectivity index (χ1n) is 4.09. The van der Waals surface area contributed by atoms with Crippen molar-refractivity contribution < 1.29 is 19.0 Å². The Balaban J connectivity index is 2.95. The van der Waals surface area contributed by atoms with E-state index < -0.39 is 0 Å². The summed E-state index contributed by atoms with van der Waals surface area (Å²) in [5, 5.41) is 0. The van der Waals surface area contributed by atoms with Gasteiger partial charge in [0.1, 0.15) is 0 Å². The van der Waals surface area contributed by atoms with Crippen LogP contribution in [-0.2, 0) is 19.0 Å². The third-order valence-corrected chi connectivity index (χ3v) is 1.71. The molecule has 0 saturated carbocycles. The molecule has 0 aromatic carbocycles. The van der Waals surface area contributed by atoms with E-state index in [4.69, 9.17) is 9.47 Å². The van der Waals surface area contributed by atoms with Crippen molar-refractivity contribution in [3.05, 3.63) is 0 Å². The van der Waals surface area contributed by atoms with Gasteiger partial charge < -0.3 is 14.2 Å². The van der Waals surface area contributed by atoms with Crippen LogP contribution in [-0.4, -0.2) is 43.9 Å². The first-order valence-corrected chi connectivity index (χ1v) is 5.62. The summed E-state index contributed by atoms with van der Waals surface area (Å²) in [6.07, 6.45) is 0.308. The molecule has 0 aliphatic rings. The van der Waals surface area contributed by atoms with E-state index >= 15 is 0 Å². The predicted octanol–water partition coefficient (Wildman–Crippen LogP) is 1.02. The molecule has 13 heavy (non-hydrogen) atoms. The van der Waals surface area contributed by atoms with Crippen LogP contribution in [0.15, 0.2) is 0 Å². The normalized spacial score (nSPS) is 10.0. The van der Waals surface area contributed by atoms with E-state index in [2.05, 4.69) is 27.3 Å². The van der Waals surface area contributed by atoms with E-state index in [1.807, 2.05) is 0 Å². The lowest BCUT2D eigenvalue weighted by molar-refractivity contribution is -0.141. The second-order valence-corrected chi connectivity index (χ2v) is 3.32. The van der Waals surface area contributed by atoms with Crippen molar-refractivity contribution in [2.45, 2.75) is 6.42 Å². The molecular formula is C8H15IO4. The second-order valence-electron chi connectivity index (χ2n) is 2.24. The monoisotopic (exact) mass is 302 g/mol. The van der Waals surface area contributed by atoms with Crippen LogP contribution in [0, 0.1) is 0 Å². The Morgan fingerprint density at radius 2 is 1.77 bits per heavy atom. The molecule has 0 aliphatic heterocycles. The molecule has 0 rings (SSSR count). The van der Waals surface area contributed by atoms with Gasteiger partial charge in [-0.3, -0.25) is 4.79 Å². The number of hydrogen-bond acceptors (Lipinski definition) is 4. The summed E-state index contributed by atoms with van der Waals surface area (Å²) >= 11 is 2.24. The van der Waals surface area contributed by atoms with Crippen LogP contribution in [0.3, 0.4) is 0 Å². The number of methoxy groups -OCH3 is 1. The number of hydrogen-bond donors (Lipinski definition) is 0. The van der Waals surface area contributed by atoms with Crippen LogP contribution in [0.5, 0.6) is 0 Å². The van der Waals surface area contributed by atoms with Gasteiger partial charge in [0.05, 0.1) is 40.0 Å². The maximum Gasteiger partial charge on any atom is 0.307 e. The van der Waals surface area contributed by atoms with Gasteiger partial charge in [0, 0.05) is 4.43 Å². The van der Waals surface area contributed by atoms with Crippen LogP contribution in [0.25, 0.3) is 0 Å². The van der Waals surface area contributed by atoms with Gasteiger partial charge in [-0.05, 0) is 0 Å².